The van der Waals surface area contributed by atoms with E-state index in [-0.39, 0.29) is 0 Å². The Kier molecular flexibility index (Phi) is 4.62. The topological polar surface area (TPSA) is 32.9 Å². The number of hydrogen-bond acceptors (Lipinski definition) is 4. The zero-order chi connectivity index (χ0) is 13.8. The van der Waals surface area contributed by atoms with E-state index in [9.17, 15) is 0 Å². The maximum absolute atomic E-state index is 5.24. The summed E-state index contributed by atoms with van der Waals surface area (Å²) < 4.78 is 2.02. The molecular formula is C12H14N4S3. The molecule has 2 aromatic rings. The number of para-hydroxylation sites is 1. The predicted octanol–water partition coefficient (Wildman–Crippen LogP) is 1.88. The van der Waals surface area contributed by atoms with Crippen LogP contribution in [0.5, 0.6) is 0 Å². The zero-order valence-electron chi connectivity index (χ0n) is 10.9. The molecule has 0 amide bonds. The smallest absolute Gasteiger partial charge is 0.209 e. The van der Waals surface area contributed by atoms with Crippen LogP contribution in [0, 0.1) is 0 Å². The number of aromatic nitrogens is 1. The van der Waals surface area contributed by atoms with Crippen molar-refractivity contribution in [3.05, 3.63) is 39.9 Å². The van der Waals surface area contributed by atoms with E-state index < -0.39 is 0 Å². The van der Waals surface area contributed by atoms with Gasteiger partial charge in [0.25, 0.3) is 0 Å². The average molecular weight is 310 g/mol. The maximum atomic E-state index is 5.24. The van der Waals surface area contributed by atoms with E-state index in [1.807, 2.05) is 53.9 Å². The molecular weight excluding hydrogens is 296 g/mol. The van der Waals surface area contributed by atoms with Gasteiger partial charge in [-0.1, -0.05) is 18.2 Å². The summed E-state index contributed by atoms with van der Waals surface area (Å²) in [5, 5.41) is 0.557. The quantitative estimate of drug-likeness (QED) is 0.595. The Hall–Kier alpha value is -1.31. The monoisotopic (exact) mass is 310 g/mol. The number of nitrogens with zero attached hydrogens (tertiary/aromatic N) is 4. The van der Waals surface area contributed by atoms with E-state index in [1.54, 1.807) is 27.7 Å². The second kappa shape index (κ2) is 6.23. The lowest BCUT2D eigenvalue weighted by Crippen LogP contribution is -2.27. The number of thiocarbonyl (C=S) groups is 1. The van der Waals surface area contributed by atoms with Crippen LogP contribution in [0.25, 0.3) is 5.69 Å². The third-order valence-electron chi connectivity index (χ3n) is 2.35. The number of rotatable bonds is 1. The Morgan fingerprint density at radius 3 is 2.37 bits per heavy atom. The van der Waals surface area contributed by atoms with E-state index in [4.69, 9.17) is 12.2 Å². The normalized spacial score (nSPS) is 12.8. The van der Waals surface area contributed by atoms with Crippen molar-refractivity contribution in [1.29, 1.82) is 0 Å². The molecule has 0 radical (unpaired) electrons. The summed E-state index contributed by atoms with van der Waals surface area (Å²) in [4.78, 5) is 12.4. The molecule has 4 nitrogen and oxygen atoms in total. The average Bonchev–Trinajstić information content (AvgIpc) is 2.82. The highest BCUT2D eigenvalue weighted by Crippen LogP contribution is 2.05. The van der Waals surface area contributed by atoms with Crippen LogP contribution < -0.4 is 9.60 Å². The van der Waals surface area contributed by atoms with Gasteiger partial charge >= 0.3 is 0 Å². The van der Waals surface area contributed by atoms with Crippen molar-refractivity contribution in [2.24, 2.45) is 9.98 Å². The largest absolute Gasteiger partial charge is 0.353 e. The van der Waals surface area contributed by atoms with Gasteiger partial charge in [0, 0.05) is 21.1 Å². The van der Waals surface area contributed by atoms with Crippen molar-refractivity contribution in [3.63, 3.8) is 0 Å². The molecule has 0 saturated carbocycles. The molecule has 0 N–H and O–H groups in total. The fraction of sp³-hybridized carbons (Fsp3) is 0.250. The Morgan fingerprint density at radius 2 is 1.79 bits per heavy atom. The van der Waals surface area contributed by atoms with Gasteiger partial charge in [0.1, 0.15) is 0 Å². The lowest BCUT2D eigenvalue weighted by Gasteiger charge is -2.08. The molecule has 0 aliphatic heterocycles. The van der Waals surface area contributed by atoms with Gasteiger partial charge in [0.2, 0.25) is 9.60 Å². The summed E-state index contributed by atoms with van der Waals surface area (Å²) in [6.07, 6.45) is 0. The summed E-state index contributed by atoms with van der Waals surface area (Å²) >= 11 is 5.24. The molecule has 1 heterocycles. The molecule has 7 heteroatoms. The van der Waals surface area contributed by atoms with Crippen molar-refractivity contribution >= 4 is 38.0 Å². The highest BCUT2D eigenvalue weighted by molar-refractivity contribution is 7.80. The first-order valence-corrected chi connectivity index (χ1v) is 8.15. The lowest BCUT2D eigenvalue weighted by atomic mass is 10.3. The van der Waals surface area contributed by atoms with E-state index >= 15 is 0 Å². The van der Waals surface area contributed by atoms with Gasteiger partial charge in [-0.3, -0.25) is 9.56 Å². The van der Waals surface area contributed by atoms with Crippen molar-refractivity contribution in [3.8, 4) is 5.69 Å². The van der Waals surface area contributed by atoms with Crippen LogP contribution in [-0.4, -0.2) is 35.7 Å². The molecule has 0 atom stereocenters. The number of hydrogen-bond donors (Lipinski definition) is 0. The van der Waals surface area contributed by atoms with E-state index in [2.05, 4.69) is 9.98 Å². The maximum Gasteiger partial charge on any atom is 0.209 e. The van der Waals surface area contributed by atoms with Gasteiger partial charge in [-0.2, -0.15) is 4.99 Å². The summed E-state index contributed by atoms with van der Waals surface area (Å²) in [5.41, 5.74) is 1.04. The fourth-order valence-electron chi connectivity index (χ4n) is 1.42. The van der Waals surface area contributed by atoms with Crippen molar-refractivity contribution in [2.75, 3.05) is 21.1 Å². The molecule has 0 aliphatic rings. The predicted molar refractivity (Wildman–Crippen MR) is 84.9 cm³/mol. The summed E-state index contributed by atoms with van der Waals surface area (Å²) in [7, 11) is 8.73. The van der Waals surface area contributed by atoms with Gasteiger partial charge in [-0.15, -0.1) is 0 Å². The van der Waals surface area contributed by atoms with Gasteiger partial charge in [0.15, 0.2) is 5.11 Å². The highest BCUT2D eigenvalue weighted by Gasteiger charge is 2.05. The first kappa shape index (κ1) is 14.1. The SMILES string of the molecule is CN=c1ss/c(=N\C(=S)N(C)C)n1-c1ccccc1. The Bertz CT molecular complexity index is 692. The molecule has 0 unspecified atom stereocenters. The van der Waals surface area contributed by atoms with Crippen molar-refractivity contribution < 1.29 is 0 Å². The minimum Gasteiger partial charge on any atom is -0.353 e. The third-order valence-corrected chi connectivity index (χ3v) is 4.97. The second-order valence-electron chi connectivity index (χ2n) is 3.92. The van der Waals surface area contributed by atoms with E-state index in [0.29, 0.717) is 5.11 Å². The van der Waals surface area contributed by atoms with Gasteiger partial charge in [-0.25, -0.2) is 0 Å². The molecule has 0 bridgehead atoms. The Labute approximate surface area is 124 Å². The van der Waals surface area contributed by atoms with Crippen LogP contribution in [-0.2, 0) is 0 Å². The van der Waals surface area contributed by atoms with Crippen LogP contribution in [0.2, 0.25) is 0 Å². The molecule has 1 aromatic carbocycles. The van der Waals surface area contributed by atoms with Crippen LogP contribution in [0.4, 0.5) is 0 Å². The number of benzene rings is 1. The minimum absolute atomic E-state index is 0.557. The standard InChI is InChI=1S/C12H14N4S3/c1-13-11-16(9-7-5-4-6-8-9)12(19-18-11)14-10(17)15(2)3/h4-8H,1-3H3/b13-11?,14-12-. The van der Waals surface area contributed by atoms with Crippen LogP contribution in [0.1, 0.15) is 0 Å². The highest BCUT2D eigenvalue weighted by atomic mass is 32.9. The van der Waals surface area contributed by atoms with Crippen molar-refractivity contribution in [2.45, 2.75) is 0 Å². The summed E-state index contributed by atoms with van der Waals surface area (Å²) in [6, 6.07) is 10.1. The van der Waals surface area contributed by atoms with Crippen LogP contribution >= 0.6 is 32.9 Å². The molecule has 0 aliphatic carbocycles. The molecule has 1 aromatic heterocycles. The first-order chi connectivity index (χ1) is 9.13. The van der Waals surface area contributed by atoms with Crippen LogP contribution in [0.3, 0.4) is 0 Å². The lowest BCUT2D eigenvalue weighted by molar-refractivity contribution is 0.625. The van der Waals surface area contributed by atoms with E-state index in [0.717, 1.165) is 15.3 Å². The first-order valence-electron chi connectivity index (χ1n) is 5.60. The molecule has 19 heavy (non-hydrogen) atoms. The Balaban J connectivity index is 2.66. The fourth-order valence-corrected chi connectivity index (χ4v) is 3.73. The zero-order valence-corrected chi connectivity index (χ0v) is 13.3. The molecule has 100 valence electrons. The van der Waals surface area contributed by atoms with Gasteiger partial charge < -0.3 is 4.90 Å². The molecule has 0 fully saturated rings. The Morgan fingerprint density at radius 1 is 1.16 bits per heavy atom. The summed E-state index contributed by atoms with van der Waals surface area (Å²) in [6.45, 7) is 0. The molecule has 0 spiro atoms. The van der Waals surface area contributed by atoms with E-state index in [1.165, 1.54) is 0 Å². The molecule has 2 rings (SSSR count). The molecule has 0 saturated heterocycles. The van der Waals surface area contributed by atoms with Gasteiger partial charge in [-0.05, 0) is 45.0 Å². The van der Waals surface area contributed by atoms with Crippen LogP contribution in [0.15, 0.2) is 40.3 Å². The third kappa shape index (κ3) is 3.17. The minimum atomic E-state index is 0.557. The second-order valence-corrected chi connectivity index (χ2v) is 6.34. The van der Waals surface area contributed by atoms with Crippen molar-refractivity contribution in [1.82, 2.24) is 9.47 Å². The summed E-state index contributed by atoms with van der Waals surface area (Å²) in [5.74, 6) is 0. The van der Waals surface area contributed by atoms with Gasteiger partial charge in [0.05, 0.1) is 5.69 Å².